The molecule has 19 heavy (non-hydrogen) atoms. The highest BCUT2D eigenvalue weighted by atomic mass is 16.5. The van der Waals surface area contributed by atoms with Crippen LogP contribution in [0, 0.1) is 12.3 Å². The summed E-state index contributed by atoms with van der Waals surface area (Å²) in [5.74, 6) is 3.21. The number of nitrogens with two attached hydrogens (primary N) is 2. The fourth-order valence-corrected chi connectivity index (χ4v) is 2.38. The molecular weight excluding hydrogens is 238 g/mol. The molecule has 1 aromatic heterocycles. The Morgan fingerprint density at radius 3 is 3.00 bits per heavy atom. The highest BCUT2D eigenvalue weighted by molar-refractivity contribution is 5.51. The van der Waals surface area contributed by atoms with Gasteiger partial charge in [0, 0.05) is 17.3 Å². The van der Waals surface area contributed by atoms with Crippen molar-refractivity contribution in [1.82, 2.24) is 4.98 Å². The summed E-state index contributed by atoms with van der Waals surface area (Å²) >= 11 is 0. The van der Waals surface area contributed by atoms with Gasteiger partial charge < -0.3 is 10.5 Å². The van der Waals surface area contributed by atoms with Crippen molar-refractivity contribution in [2.45, 2.75) is 11.8 Å². The van der Waals surface area contributed by atoms with Crippen molar-refractivity contribution in [3.8, 4) is 18.1 Å². The molecule has 3 rings (SSSR count). The second kappa shape index (κ2) is 4.09. The molecule has 0 bridgehead atoms. The van der Waals surface area contributed by atoms with Crippen LogP contribution in [0.15, 0.2) is 42.7 Å². The number of benzene rings is 1. The SMILES string of the molecule is C#Cc1cccc(C2(N)c3ccncc3OC2N)c1. The molecule has 4 nitrogen and oxygen atoms in total. The number of terminal acetylenes is 1. The summed E-state index contributed by atoms with van der Waals surface area (Å²) in [6.07, 6.45) is 8.05. The second-order valence-corrected chi connectivity index (χ2v) is 4.50. The minimum Gasteiger partial charge on any atom is -0.471 e. The van der Waals surface area contributed by atoms with E-state index in [9.17, 15) is 0 Å². The number of pyridine rings is 1. The van der Waals surface area contributed by atoms with Crippen molar-refractivity contribution in [1.29, 1.82) is 0 Å². The summed E-state index contributed by atoms with van der Waals surface area (Å²) in [7, 11) is 0. The molecule has 2 atom stereocenters. The van der Waals surface area contributed by atoms with Crippen LogP contribution >= 0.6 is 0 Å². The van der Waals surface area contributed by atoms with Crippen molar-refractivity contribution in [3.63, 3.8) is 0 Å². The van der Waals surface area contributed by atoms with Crippen molar-refractivity contribution < 1.29 is 4.74 Å². The van der Waals surface area contributed by atoms with Gasteiger partial charge in [0.25, 0.3) is 0 Å². The van der Waals surface area contributed by atoms with E-state index in [-0.39, 0.29) is 0 Å². The van der Waals surface area contributed by atoms with Gasteiger partial charge in [-0.1, -0.05) is 18.1 Å². The van der Waals surface area contributed by atoms with Gasteiger partial charge in [-0.2, -0.15) is 0 Å². The van der Waals surface area contributed by atoms with Crippen LogP contribution in [0.3, 0.4) is 0 Å². The zero-order valence-corrected chi connectivity index (χ0v) is 10.2. The van der Waals surface area contributed by atoms with Crippen LogP contribution in [-0.4, -0.2) is 11.2 Å². The molecule has 0 radical (unpaired) electrons. The third-order valence-corrected chi connectivity index (χ3v) is 3.44. The predicted molar refractivity (Wildman–Crippen MR) is 72.2 cm³/mol. The zero-order valence-electron chi connectivity index (χ0n) is 10.2. The molecule has 0 saturated carbocycles. The van der Waals surface area contributed by atoms with E-state index >= 15 is 0 Å². The quantitative estimate of drug-likeness (QED) is 0.740. The lowest BCUT2D eigenvalue weighted by molar-refractivity contribution is 0.177. The number of hydrogen-bond donors (Lipinski definition) is 2. The first-order chi connectivity index (χ1) is 9.16. The minimum atomic E-state index is -0.912. The summed E-state index contributed by atoms with van der Waals surface area (Å²) in [4.78, 5) is 4.02. The van der Waals surface area contributed by atoms with Crippen molar-refractivity contribution in [2.24, 2.45) is 11.5 Å². The Morgan fingerprint density at radius 1 is 1.37 bits per heavy atom. The second-order valence-electron chi connectivity index (χ2n) is 4.50. The largest absolute Gasteiger partial charge is 0.471 e. The summed E-state index contributed by atoms with van der Waals surface area (Å²) in [5, 5.41) is 0. The molecule has 2 heterocycles. The van der Waals surface area contributed by atoms with E-state index in [1.54, 1.807) is 12.4 Å². The first kappa shape index (κ1) is 11.7. The lowest BCUT2D eigenvalue weighted by Gasteiger charge is -2.28. The average Bonchev–Trinajstić information content (AvgIpc) is 2.72. The summed E-state index contributed by atoms with van der Waals surface area (Å²) in [6, 6.07) is 9.30. The summed E-state index contributed by atoms with van der Waals surface area (Å²) in [5.41, 5.74) is 14.1. The van der Waals surface area contributed by atoms with Gasteiger partial charge in [0.05, 0.1) is 6.20 Å². The molecule has 0 amide bonds. The maximum absolute atomic E-state index is 6.51. The lowest BCUT2D eigenvalue weighted by atomic mass is 9.83. The Balaban J connectivity index is 2.20. The highest BCUT2D eigenvalue weighted by Gasteiger charge is 2.45. The lowest BCUT2D eigenvalue weighted by Crippen LogP contribution is -2.52. The molecule has 4 N–H and O–H groups in total. The van der Waals surface area contributed by atoms with Gasteiger partial charge in [-0.3, -0.25) is 10.7 Å². The molecule has 0 spiro atoms. The maximum Gasteiger partial charge on any atom is 0.174 e. The van der Waals surface area contributed by atoms with Crippen LogP contribution < -0.4 is 16.2 Å². The first-order valence-corrected chi connectivity index (χ1v) is 5.89. The fourth-order valence-electron chi connectivity index (χ4n) is 2.38. The monoisotopic (exact) mass is 251 g/mol. The van der Waals surface area contributed by atoms with Crippen LogP contribution in [-0.2, 0) is 5.54 Å². The molecule has 1 aromatic carbocycles. The number of nitrogens with zero attached hydrogens (tertiary/aromatic N) is 1. The third kappa shape index (κ3) is 1.60. The van der Waals surface area contributed by atoms with E-state index in [1.165, 1.54) is 0 Å². The van der Waals surface area contributed by atoms with E-state index in [0.717, 1.165) is 16.7 Å². The molecule has 1 aliphatic rings. The Bertz CT molecular complexity index is 677. The number of hydrogen-bond acceptors (Lipinski definition) is 4. The predicted octanol–water partition coefficient (Wildman–Crippen LogP) is 0.942. The zero-order chi connectivity index (χ0) is 13.5. The Kier molecular flexibility index (Phi) is 2.53. The highest BCUT2D eigenvalue weighted by Crippen LogP contribution is 2.41. The van der Waals surface area contributed by atoms with Gasteiger partial charge in [0.15, 0.2) is 6.23 Å². The van der Waals surface area contributed by atoms with E-state index in [2.05, 4.69) is 10.9 Å². The topological polar surface area (TPSA) is 74.2 Å². The molecule has 0 fully saturated rings. The summed E-state index contributed by atoms with van der Waals surface area (Å²) < 4.78 is 5.59. The van der Waals surface area contributed by atoms with E-state index in [1.807, 2.05) is 30.3 Å². The Hall–Kier alpha value is -2.35. The number of rotatable bonds is 1. The third-order valence-electron chi connectivity index (χ3n) is 3.44. The molecule has 94 valence electrons. The minimum absolute atomic E-state index is 0.614. The van der Waals surface area contributed by atoms with Crippen LogP contribution in [0.25, 0.3) is 0 Å². The normalized spacial score (nSPS) is 24.4. The molecule has 2 unspecified atom stereocenters. The van der Waals surface area contributed by atoms with Crippen LogP contribution in [0.5, 0.6) is 5.75 Å². The van der Waals surface area contributed by atoms with Crippen LogP contribution in [0.4, 0.5) is 0 Å². The van der Waals surface area contributed by atoms with Gasteiger partial charge >= 0.3 is 0 Å². The molecule has 0 saturated heterocycles. The number of fused-ring (bicyclic) bond motifs is 1. The van der Waals surface area contributed by atoms with Crippen molar-refractivity contribution in [3.05, 3.63) is 59.4 Å². The molecule has 2 aromatic rings. The standard InChI is InChI=1S/C15H13N3O/c1-2-10-4-3-5-11(8-10)15(17)12-6-7-18-9-13(12)19-14(15)16/h1,3-9,14H,16-17H2. The van der Waals surface area contributed by atoms with Crippen molar-refractivity contribution in [2.75, 3.05) is 0 Å². The average molecular weight is 251 g/mol. The Labute approximate surface area is 111 Å². The number of ether oxygens (including phenoxy) is 1. The van der Waals surface area contributed by atoms with E-state index in [4.69, 9.17) is 22.6 Å². The van der Waals surface area contributed by atoms with Gasteiger partial charge in [-0.05, 0) is 23.8 Å². The Morgan fingerprint density at radius 2 is 2.21 bits per heavy atom. The molecule has 4 heteroatoms. The molecule has 1 aliphatic heterocycles. The maximum atomic E-state index is 6.51. The van der Waals surface area contributed by atoms with E-state index < -0.39 is 11.8 Å². The molecule has 0 aliphatic carbocycles. The van der Waals surface area contributed by atoms with Crippen LogP contribution in [0.1, 0.15) is 16.7 Å². The fraction of sp³-hybridized carbons (Fsp3) is 0.133. The van der Waals surface area contributed by atoms with Gasteiger partial charge in [0.2, 0.25) is 0 Å². The van der Waals surface area contributed by atoms with Crippen LogP contribution in [0.2, 0.25) is 0 Å². The smallest absolute Gasteiger partial charge is 0.174 e. The first-order valence-electron chi connectivity index (χ1n) is 5.89. The molecular formula is C15H13N3O. The van der Waals surface area contributed by atoms with Gasteiger partial charge in [0.1, 0.15) is 11.3 Å². The number of aromatic nitrogens is 1. The van der Waals surface area contributed by atoms with Gasteiger partial charge in [-0.25, -0.2) is 0 Å². The van der Waals surface area contributed by atoms with Crippen molar-refractivity contribution >= 4 is 0 Å². The summed E-state index contributed by atoms with van der Waals surface area (Å²) in [6.45, 7) is 0. The van der Waals surface area contributed by atoms with E-state index in [0.29, 0.717) is 5.75 Å². The van der Waals surface area contributed by atoms with Gasteiger partial charge in [-0.15, -0.1) is 6.42 Å².